The van der Waals surface area contributed by atoms with Crippen molar-refractivity contribution in [2.75, 3.05) is 0 Å². The standard InChI is InChI=1S/C16H20O2/c1-10-9-13(15(18)16(2,3)4)14(17)12-8-6-5-7-11(10)12/h5-8,10,13H,9H2,1-4H3. The van der Waals surface area contributed by atoms with Crippen molar-refractivity contribution in [3.8, 4) is 0 Å². The molecule has 0 aliphatic heterocycles. The molecule has 96 valence electrons. The number of carbonyl (C=O) groups is 2. The number of benzene rings is 1. The molecule has 0 saturated heterocycles. The van der Waals surface area contributed by atoms with Crippen molar-refractivity contribution in [2.24, 2.45) is 11.3 Å². The highest BCUT2D eigenvalue weighted by atomic mass is 16.2. The Morgan fingerprint density at radius 2 is 1.83 bits per heavy atom. The van der Waals surface area contributed by atoms with E-state index < -0.39 is 11.3 Å². The molecule has 1 aromatic carbocycles. The van der Waals surface area contributed by atoms with Gasteiger partial charge in [-0.1, -0.05) is 52.0 Å². The van der Waals surface area contributed by atoms with Crippen LogP contribution in [0.5, 0.6) is 0 Å². The second-order valence-electron chi connectivity index (χ2n) is 6.26. The molecule has 0 bridgehead atoms. The van der Waals surface area contributed by atoms with Gasteiger partial charge in [0.25, 0.3) is 0 Å². The van der Waals surface area contributed by atoms with Crippen LogP contribution in [0.3, 0.4) is 0 Å². The van der Waals surface area contributed by atoms with Crippen LogP contribution >= 0.6 is 0 Å². The Balaban J connectivity index is 2.41. The molecule has 0 aromatic heterocycles. The fourth-order valence-corrected chi connectivity index (χ4v) is 2.68. The minimum absolute atomic E-state index is 0.00336. The van der Waals surface area contributed by atoms with E-state index in [0.29, 0.717) is 6.42 Å². The summed E-state index contributed by atoms with van der Waals surface area (Å²) in [4.78, 5) is 24.8. The maximum Gasteiger partial charge on any atom is 0.173 e. The molecule has 1 aliphatic rings. The fraction of sp³-hybridized carbons (Fsp3) is 0.500. The predicted molar refractivity (Wildman–Crippen MR) is 71.8 cm³/mol. The number of Topliss-reactive ketones (excluding diaryl/α,β-unsaturated/α-hetero) is 2. The normalized spacial score (nSPS) is 23.7. The van der Waals surface area contributed by atoms with Crippen molar-refractivity contribution in [1.29, 1.82) is 0 Å². The molecule has 0 saturated carbocycles. The van der Waals surface area contributed by atoms with Gasteiger partial charge in [-0.3, -0.25) is 9.59 Å². The molecule has 0 heterocycles. The minimum Gasteiger partial charge on any atom is -0.298 e. The van der Waals surface area contributed by atoms with Crippen LogP contribution in [0.4, 0.5) is 0 Å². The topological polar surface area (TPSA) is 34.1 Å². The highest BCUT2D eigenvalue weighted by molar-refractivity contribution is 6.13. The Bertz CT molecular complexity index is 494. The van der Waals surface area contributed by atoms with Gasteiger partial charge >= 0.3 is 0 Å². The summed E-state index contributed by atoms with van der Waals surface area (Å²) in [6, 6.07) is 7.66. The third kappa shape index (κ3) is 2.12. The van der Waals surface area contributed by atoms with Crippen molar-refractivity contribution < 1.29 is 9.59 Å². The Morgan fingerprint density at radius 1 is 1.22 bits per heavy atom. The van der Waals surface area contributed by atoms with Gasteiger partial charge in [0, 0.05) is 11.0 Å². The molecule has 0 fully saturated rings. The Kier molecular flexibility index (Phi) is 3.14. The van der Waals surface area contributed by atoms with Crippen LogP contribution in [0.1, 0.15) is 56.0 Å². The van der Waals surface area contributed by atoms with E-state index in [4.69, 9.17) is 0 Å². The highest BCUT2D eigenvalue weighted by Crippen LogP contribution is 2.37. The Morgan fingerprint density at radius 3 is 2.44 bits per heavy atom. The zero-order valence-corrected chi connectivity index (χ0v) is 11.5. The quantitative estimate of drug-likeness (QED) is 0.707. The van der Waals surface area contributed by atoms with Gasteiger partial charge in [0.2, 0.25) is 0 Å². The molecule has 2 nitrogen and oxygen atoms in total. The number of fused-ring (bicyclic) bond motifs is 1. The first-order valence-electron chi connectivity index (χ1n) is 6.50. The molecule has 0 N–H and O–H groups in total. The third-order valence-electron chi connectivity index (χ3n) is 3.72. The van der Waals surface area contributed by atoms with Gasteiger partial charge in [-0.15, -0.1) is 0 Å². The van der Waals surface area contributed by atoms with Gasteiger partial charge in [-0.2, -0.15) is 0 Å². The number of hydrogen-bond acceptors (Lipinski definition) is 2. The van der Waals surface area contributed by atoms with E-state index in [2.05, 4.69) is 6.92 Å². The highest BCUT2D eigenvalue weighted by Gasteiger charge is 2.39. The second kappa shape index (κ2) is 4.34. The van der Waals surface area contributed by atoms with E-state index in [1.807, 2.05) is 45.0 Å². The van der Waals surface area contributed by atoms with E-state index in [9.17, 15) is 9.59 Å². The molecule has 2 unspecified atom stereocenters. The molecular weight excluding hydrogens is 224 g/mol. The van der Waals surface area contributed by atoms with Crippen molar-refractivity contribution in [2.45, 2.75) is 40.0 Å². The first-order chi connectivity index (χ1) is 8.32. The molecule has 18 heavy (non-hydrogen) atoms. The maximum atomic E-state index is 12.4. The molecule has 1 aliphatic carbocycles. The lowest BCUT2D eigenvalue weighted by Gasteiger charge is -2.31. The number of ketones is 2. The van der Waals surface area contributed by atoms with Crippen LogP contribution < -0.4 is 0 Å². The Hall–Kier alpha value is -1.44. The van der Waals surface area contributed by atoms with Gasteiger partial charge in [0.05, 0.1) is 5.92 Å². The Labute approximate surface area is 108 Å². The molecule has 0 radical (unpaired) electrons. The van der Waals surface area contributed by atoms with Crippen molar-refractivity contribution in [3.05, 3.63) is 35.4 Å². The fourth-order valence-electron chi connectivity index (χ4n) is 2.68. The minimum atomic E-state index is -0.463. The summed E-state index contributed by atoms with van der Waals surface area (Å²) in [6.07, 6.45) is 0.645. The van der Waals surface area contributed by atoms with E-state index in [1.165, 1.54) is 0 Å². The SMILES string of the molecule is CC1CC(C(=O)C(C)(C)C)C(=O)c2ccccc21. The van der Waals surface area contributed by atoms with Gasteiger partial charge < -0.3 is 0 Å². The summed E-state index contributed by atoms with van der Waals surface area (Å²) >= 11 is 0. The summed E-state index contributed by atoms with van der Waals surface area (Å²) in [7, 11) is 0. The van der Waals surface area contributed by atoms with Crippen molar-refractivity contribution >= 4 is 11.6 Å². The maximum absolute atomic E-state index is 12.4. The zero-order valence-electron chi connectivity index (χ0n) is 11.5. The molecule has 0 amide bonds. The van der Waals surface area contributed by atoms with Crippen LogP contribution in [0, 0.1) is 11.3 Å². The summed E-state index contributed by atoms with van der Waals surface area (Å²) in [6.45, 7) is 7.74. The summed E-state index contributed by atoms with van der Waals surface area (Å²) in [5, 5.41) is 0. The van der Waals surface area contributed by atoms with Crippen molar-refractivity contribution in [1.82, 2.24) is 0 Å². The first-order valence-corrected chi connectivity index (χ1v) is 6.50. The average Bonchev–Trinajstić information content (AvgIpc) is 2.32. The van der Waals surface area contributed by atoms with Crippen LogP contribution in [0.25, 0.3) is 0 Å². The number of hydrogen-bond donors (Lipinski definition) is 0. The molecular formula is C16H20O2. The number of carbonyl (C=O) groups excluding carboxylic acids is 2. The third-order valence-corrected chi connectivity index (χ3v) is 3.72. The lowest BCUT2D eigenvalue weighted by atomic mass is 9.70. The molecule has 2 atom stereocenters. The van der Waals surface area contributed by atoms with Gasteiger partial charge in [-0.05, 0) is 17.9 Å². The van der Waals surface area contributed by atoms with Gasteiger partial charge in [0.15, 0.2) is 5.78 Å². The van der Waals surface area contributed by atoms with Crippen LogP contribution in [-0.4, -0.2) is 11.6 Å². The van der Waals surface area contributed by atoms with Crippen LogP contribution in [0.2, 0.25) is 0 Å². The molecule has 0 spiro atoms. The van der Waals surface area contributed by atoms with Gasteiger partial charge in [0.1, 0.15) is 5.78 Å². The lowest BCUT2D eigenvalue weighted by molar-refractivity contribution is -0.129. The number of rotatable bonds is 1. The monoisotopic (exact) mass is 244 g/mol. The zero-order chi connectivity index (χ0) is 13.5. The van der Waals surface area contributed by atoms with Gasteiger partial charge in [-0.25, -0.2) is 0 Å². The molecule has 1 aromatic rings. The van der Waals surface area contributed by atoms with E-state index in [1.54, 1.807) is 0 Å². The summed E-state index contributed by atoms with van der Waals surface area (Å²) in [5.41, 5.74) is 1.37. The van der Waals surface area contributed by atoms with E-state index in [0.717, 1.165) is 11.1 Å². The second-order valence-corrected chi connectivity index (χ2v) is 6.26. The van der Waals surface area contributed by atoms with E-state index in [-0.39, 0.29) is 17.5 Å². The first kappa shape index (κ1) is 13.0. The predicted octanol–water partition coefficient (Wildman–Crippen LogP) is 3.61. The van der Waals surface area contributed by atoms with Crippen LogP contribution in [0.15, 0.2) is 24.3 Å². The average molecular weight is 244 g/mol. The molecule has 2 rings (SSSR count). The largest absolute Gasteiger partial charge is 0.298 e. The smallest absolute Gasteiger partial charge is 0.173 e. The van der Waals surface area contributed by atoms with Crippen molar-refractivity contribution in [3.63, 3.8) is 0 Å². The van der Waals surface area contributed by atoms with E-state index >= 15 is 0 Å². The summed E-state index contributed by atoms with van der Waals surface area (Å²) in [5.74, 6) is -0.123. The lowest BCUT2D eigenvalue weighted by Crippen LogP contribution is -2.37. The van der Waals surface area contributed by atoms with Crippen LogP contribution in [-0.2, 0) is 4.79 Å². The summed E-state index contributed by atoms with van der Waals surface area (Å²) < 4.78 is 0. The molecule has 2 heteroatoms.